The summed E-state index contributed by atoms with van der Waals surface area (Å²) in [6.45, 7) is 12.1. The van der Waals surface area contributed by atoms with E-state index in [1.807, 2.05) is 4.90 Å². The summed E-state index contributed by atoms with van der Waals surface area (Å²) in [7, 11) is 0. The molecule has 10 atom stereocenters. The van der Waals surface area contributed by atoms with Crippen molar-refractivity contribution in [2.75, 3.05) is 57.6 Å². The molecule has 15 heteroatoms. The monoisotopic (exact) mass is 778 g/mol. The topological polar surface area (TPSA) is 191 Å². The normalized spacial score (nSPS) is 33.0. The minimum Gasteiger partial charge on any atom is -0.379 e. The second-order valence-electron chi connectivity index (χ2n) is 18.0. The summed E-state index contributed by atoms with van der Waals surface area (Å²) in [6, 6.07) is 2.94. The van der Waals surface area contributed by atoms with Crippen molar-refractivity contribution < 1.29 is 28.6 Å². The van der Waals surface area contributed by atoms with Crippen molar-refractivity contribution in [2.45, 2.75) is 116 Å². The van der Waals surface area contributed by atoms with Crippen molar-refractivity contribution in [3.05, 3.63) is 32.7 Å². The highest BCUT2D eigenvalue weighted by Gasteiger charge is 2.60. The number of nitro groups is 1. The number of rotatable bonds is 18. The van der Waals surface area contributed by atoms with Gasteiger partial charge in [-0.25, -0.2) is 4.63 Å². The first-order valence-corrected chi connectivity index (χ1v) is 21.4. The first kappa shape index (κ1) is 40.7. The highest BCUT2D eigenvalue weighted by Crippen LogP contribution is 2.68. The molecular formula is C41H62N8O7. The molecule has 4 saturated carbocycles. The molecule has 56 heavy (non-hydrogen) atoms. The number of amides is 1. The van der Waals surface area contributed by atoms with E-state index in [4.69, 9.17) is 24.4 Å². The number of hydrogen-bond acceptors (Lipinski definition) is 11. The van der Waals surface area contributed by atoms with Gasteiger partial charge in [-0.1, -0.05) is 25.9 Å². The number of benzene rings is 1. The minimum absolute atomic E-state index is 0.0475. The van der Waals surface area contributed by atoms with Crippen LogP contribution >= 0.6 is 0 Å². The van der Waals surface area contributed by atoms with Crippen molar-refractivity contribution in [3.63, 3.8) is 0 Å². The van der Waals surface area contributed by atoms with Gasteiger partial charge in [-0.15, -0.1) is 0 Å². The Morgan fingerprint density at radius 1 is 1.00 bits per heavy atom. The molecule has 5 fully saturated rings. The van der Waals surface area contributed by atoms with Crippen LogP contribution in [0.4, 0.5) is 11.4 Å². The molecule has 7 rings (SSSR count). The Labute approximate surface area is 330 Å². The Kier molecular flexibility index (Phi) is 13.0. The Hall–Kier alpha value is -3.52. The van der Waals surface area contributed by atoms with E-state index in [2.05, 4.69) is 46.4 Å². The average molecular weight is 779 g/mol. The molecule has 2 aromatic rings. The molecule has 1 aliphatic heterocycles. The number of azide groups is 1. The predicted molar refractivity (Wildman–Crippen MR) is 211 cm³/mol. The average Bonchev–Trinajstić information content (AvgIpc) is 3.95. The van der Waals surface area contributed by atoms with Crippen molar-refractivity contribution in [3.8, 4) is 0 Å². The maximum absolute atomic E-state index is 13.9. The van der Waals surface area contributed by atoms with Crippen LogP contribution in [0.15, 0.2) is 21.9 Å². The zero-order valence-electron chi connectivity index (χ0n) is 33.6. The predicted octanol–water partition coefficient (Wildman–Crippen LogP) is 8.02. The quantitative estimate of drug-likeness (QED) is 0.0387. The highest BCUT2D eigenvalue weighted by atomic mass is 16.6. The summed E-state index contributed by atoms with van der Waals surface area (Å²) in [5.41, 5.74) is 10.0. The molecule has 0 bridgehead atoms. The molecule has 1 amide bonds. The largest absolute Gasteiger partial charge is 0.379 e. The number of anilines is 1. The number of carbonyl (C=O) groups is 1. The number of nitrogens with one attached hydrogen (secondary N) is 1. The van der Waals surface area contributed by atoms with Crippen LogP contribution in [0.3, 0.4) is 0 Å². The molecule has 15 nitrogen and oxygen atoms in total. The van der Waals surface area contributed by atoms with Crippen molar-refractivity contribution in [2.24, 2.45) is 51.5 Å². The van der Waals surface area contributed by atoms with E-state index in [0.29, 0.717) is 80.0 Å². The lowest BCUT2D eigenvalue weighted by Crippen LogP contribution is -2.56. The smallest absolute Gasteiger partial charge is 0.300 e. The van der Waals surface area contributed by atoms with Gasteiger partial charge in [0.15, 0.2) is 5.52 Å². The summed E-state index contributed by atoms with van der Waals surface area (Å²) < 4.78 is 21.7. The third kappa shape index (κ3) is 8.24. The van der Waals surface area contributed by atoms with Crippen molar-refractivity contribution >= 4 is 28.3 Å². The van der Waals surface area contributed by atoms with Gasteiger partial charge in [0.1, 0.15) is 6.04 Å². The van der Waals surface area contributed by atoms with Crippen LogP contribution in [-0.4, -0.2) is 86.0 Å². The number of carbonyl (C=O) groups excluding carboxylic acids is 1. The van der Waals surface area contributed by atoms with E-state index in [-0.39, 0.29) is 29.2 Å². The van der Waals surface area contributed by atoms with E-state index in [1.165, 1.54) is 57.4 Å². The van der Waals surface area contributed by atoms with E-state index >= 15 is 0 Å². The van der Waals surface area contributed by atoms with Gasteiger partial charge >= 0.3 is 5.69 Å². The van der Waals surface area contributed by atoms with Crippen molar-refractivity contribution in [1.82, 2.24) is 15.6 Å². The van der Waals surface area contributed by atoms with Crippen LogP contribution in [-0.2, 0) is 19.0 Å². The molecular weight excluding hydrogens is 716 g/mol. The summed E-state index contributed by atoms with van der Waals surface area (Å²) in [6.07, 6.45) is 15.1. The molecule has 5 aliphatic rings. The minimum atomic E-state index is -0.480. The van der Waals surface area contributed by atoms with Gasteiger partial charge in [-0.2, -0.15) is 0 Å². The van der Waals surface area contributed by atoms with E-state index in [0.717, 1.165) is 62.4 Å². The number of fused-ring (bicyclic) bond motifs is 6. The van der Waals surface area contributed by atoms with E-state index in [1.54, 1.807) is 6.07 Å². The lowest BCUT2D eigenvalue weighted by molar-refractivity contribution is -0.383. The van der Waals surface area contributed by atoms with Gasteiger partial charge in [0.25, 0.3) is 0 Å². The number of non-ortho nitro benzene ring substituents is 1. The van der Waals surface area contributed by atoms with Gasteiger partial charge < -0.3 is 24.4 Å². The SMILES string of the molecule is C[C@H](CCCOCCOCCOCCN=[N+]=[N-])C1CCC2C3CC[C@@H]4C[C@H](NC(=O)C5CCCN5c5ccc([N+](=O)[O-])c6nonc56)CC[C@]4(C)C3CC[C@@]21C. The molecule has 2 heterocycles. The molecule has 1 aromatic carbocycles. The van der Waals surface area contributed by atoms with Gasteiger partial charge in [-0.05, 0) is 152 Å². The molecule has 5 unspecified atom stereocenters. The lowest BCUT2D eigenvalue weighted by Gasteiger charge is -2.61. The molecule has 4 aliphatic carbocycles. The van der Waals surface area contributed by atoms with Gasteiger partial charge in [0, 0.05) is 36.7 Å². The molecule has 1 aromatic heterocycles. The zero-order chi connectivity index (χ0) is 39.3. The number of nitro benzene ring substituents is 1. The zero-order valence-corrected chi connectivity index (χ0v) is 33.6. The fraction of sp³-hybridized carbons (Fsp3) is 0.829. The Bertz CT molecular complexity index is 1720. The Balaban J connectivity index is 0.864. The van der Waals surface area contributed by atoms with Crippen LogP contribution in [0.2, 0.25) is 0 Å². The van der Waals surface area contributed by atoms with E-state index < -0.39 is 4.92 Å². The maximum atomic E-state index is 13.9. The molecule has 0 radical (unpaired) electrons. The third-order valence-electron chi connectivity index (χ3n) is 15.3. The molecule has 308 valence electrons. The van der Waals surface area contributed by atoms with Crippen LogP contribution < -0.4 is 10.2 Å². The summed E-state index contributed by atoms with van der Waals surface area (Å²) in [5, 5.41) is 26.3. The third-order valence-corrected chi connectivity index (χ3v) is 15.3. The highest BCUT2D eigenvalue weighted by molar-refractivity contribution is 5.96. The fourth-order valence-electron chi connectivity index (χ4n) is 12.6. The summed E-state index contributed by atoms with van der Waals surface area (Å²) in [4.78, 5) is 29.7. The van der Waals surface area contributed by atoms with Crippen LogP contribution in [0.1, 0.15) is 104 Å². The number of ether oxygens (including phenoxy) is 3. The Morgan fingerprint density at radius 2 is 1.73 bits per heavy atom. The first-order valence-electron chi connectivity index (χ1n) is 21.4. The van der Waals surface area contributed by atoms with Crippen LogP contribution in [0.25, 0.3) is 21.5 Å². The van der Waals surface area contributed by atoms with Crippen LogP contribution in [0.5, 0.6) is 0 Å². The van der Waals surface area contributed by atoms with Crippen molar-refractivity contribution in [1.29, 1.82) is 0 Å². The molecule has 0 spiro atoms. The second kappa shape index (κ2) is 18.0. The van der Waals surface area contributed by atoms with Gasteiger partial charge in [0.05, 0.1) is 43.6 Å². The summed E-state index contributed by atoms with van der Waals surface area (Å²) >= 11 is 0. The van der Waals surface area contributed by atoms with Gasteiger partial charge in [-0.3, -0.25) is 14.9 Å². The first-order chi connectivity index (χ1) is 27.2. The van der Waals surface area contributed by atoms with Crippen LogP contribution in [0, 0.1) is 56.5 Å². The lowest BCUT2D eigenvalue weighted by atomic mass is 9.44. The maximum Gasteiger partial charge on any atom is 0.300 e. The van der Waals surface area contributed by atoms with Gasteiger partial charge in [0.2, 0.25) is 11.4 Å². The van der Waals surface area contributed by atoms with E-state index in [9.17, 15) is 14.9 Å². The standard InChI is InChI=1S/C41H62N8O7/c1-27(6-5-20-53-22-24-55-25-23-54-21-18-43-47-42)31-10-11-32-30-9-8-28-26-29(14-16-40(28,2)33(30)15-17-41(31,32)3)44-39(50)36-7-4-19-48(36)34-12-13-35(49(51)52)38-37(34)45-56-46-38/h12-13,27-33,36H,4-11,14-26H2,1-3H3,(H,44,50)/t27-,28-,29-,30?,31?,32?,33?,36?,40+,41-/m1/s1. The molecule has 1 N–H and O–H groups in total. The summed E-state index contributed by atoms with van der Waals surface area (Å²) in [5.74, 6) is 4.57. The second-order valence-corrected chi connectivity index (χ2v) is 18.0. The number of nitrogens with zero attached hydrogens (tertiary/aromatic N) is 7. The molecule has 1 saturated heterocycles. The number of hydrogen-bond donors (Lipinski definition) is 1. The Morgan fingerprint density at radius 3 is 2.52 bits per heavy atom. The fourth-order valence-corrected chi connectivity index (χ4v) is 12.6. The number of aromatic nitrogens is 2.